The summed E-state index contributed by atoms with van der Waals surface area (Å²) in [7, 11) is 6.14. The molecule has 25 heavy (non-hydrogen) atoms. The van der Waals surface area contributed by atoms with Gasteiger partial charge < -0.3 is 24.3 Å². The molecule has 1 atom stereocenters. The van der Waals surface area contributed by atoms with Crippen molar-refractivity contribution in [2.75, 3.05) is 28.4 Å². The van der Waals surface area contributed by atoms with E-state index in [1.54, 1.807) is 19.2 Å². The fourth-order valence-corrected chi connectivity index (χ4v) is 2.59. The van der Waals surface area contributed by atoms with E-state index in [9.17, 15) is 4.79 Å². The Balaban J connectivity index is 2.28. The molecule has 2 aromatic carbocycles. The topological polar surface area (TPSA) is 66.0 Å². The van der Waals surface area contributed by atoms with Crippen LogP contribution in [0.25, 0.3) is 0 Å². The molecule has 1 amide bonds. The molecule has 2 rings (SSSR count). The van der Waals surface area contributed by atoms with E-state index in [1.165, 1.54) is 21.3 Å². The highest BCUT2D eigenvalue weighted by atomic mass is 16.5. The highest BCUT2D eigenvalue weighted by Crippen LogP contribution is 2.38. The van der Waals surface area contributed by atoms with Gasteiger partial charge in [-0.2, -0.15) is 0 Å². The molecule has 0 aliphatic rings. The lowest BCUT2D eigenvalue weighted by Gasteiger charge is -2.18. The average Bonchev–Trinajstić information content (AvgIpc) is 2.66. The Morgan fingerprint density at radius 1 is 0.880 bits per heavy atom. The molecule has 0 aromatic heterocycles. The molecule has 0 bridgehead atoms. The van der Waals surface area contributed by atoms with Crippen molar-refractivity contribution in [3.8, 4) is 23.0 Å². The Hall–Kier alpha value is -2.89. The summed E-state index contributed by atoms with van der Waals surface area (Å²) < 4.78 is 21.2. The van der Waals surface area contributed by atoms with Gasteiger partial charge in [0.15, 0.2) is 11.5 Å². The van der Waals surface area contributed by atoms with E-state index in [2.05, 4.69) is 5.32 Å². The van der Waals surface area contributed by atoms with Gasteiger partial charge in [0.05, 0.1) is 34.5 Å². The Labute approximate surface area is 147 Å². The van der Waals surface area contributed by atoms with Crippen LogP contribution in [0.2, 0.25) is 0 Å². The molecule has 0 spiro atoms. The monoisotopic (exact) mass is 345 g/mol. The van der Waals surface area contributed by atoms with Crippen LogP contribution in [0, 0.1) is 0 Å². The van der Waals surface area contributed by atoms with Crippen molar-refractivity contribution in [1.82, 2.24) is 5.32 Å². The van der Waals surface area contributed by atoms with Crippen molar-refractivity contribution < 1.29 is 23.7 Å². The molecule has 0 saturated heterocycles. The first-order valence-electron chi connectivity index (χ1n) is 7.79. The maximum absolute atomic E-state index is 12.7. The van der Waals surface area contributed by atoms with Gasteiger partial charge in [0.2, 0.25) is 5.75 Å². The smallest absolute Gasteiger partial charge is 0.252 e. The third-order valence-corrected chi connectivity index (χ3v) is 3.88. The molecular formula is C19H23NO5. The first-order valence-corrected chi connectivity index (χ1v) is 7.79. The van der Waals surface area contributed by atoms with E-state index in [-0.39, 0.29) is 11.9 Å². The number of carbonyl (C=O) groups excluding carboxylic acids is 1. The summed E-state index contributed by atoms with van der Waals surface area (Å²) in [5.74, 6) is 1.77. The van der Waals surface area contributed by atoms with Crippen LogP contribution in [-0.2, 0) is 0 Å². The number of benzene rings is 2. The number of nitrogens with one attached hydrogen (secondary N) is 1. The summed E-state index contributed by atoms with van der Waals surface area (Å²) in [5.41, 5.74) is 1.31. The van der Waals surface area contributed by atoms with Gasteiger partial charge in [-0.1, -0.05) is 18.2 Å². The zero-order valence-corrected chi connectivity index (χ0v) is 15.1. The van der Waals surface area contributed by atoms with Gasteiger partial charge in [-0.3, -0.25) is 4.79 Å². The average molecular weight is 345 g/mol. The van der Waals surface area contributed by atoms with Gasteiger partial charge in [0, 0.05) is 11.1 Å². The number of ether oxygens (including phenoxy) is 4. The van der Waals surface area contributed by atoms with Crippen LogP contribution < -0.4 is 24.3 Å². The number of carbonyl (C=O) groups is 1. The first-order chi connectivity index (χ1) is 12.0. The van der Waals surface area contributed by atoms with Crippen molar-refractivity contribution in [2.45, 2.75) is 13.0 Å². The van der Waals surface area contributed by atoms with Crippen molar-refractivity contribution in [3.63, 3.8) is 0 Å². The predicted molar refractivity (Wildman–Crippen MR) is 95.0 cm³/mol. The quantitative estimate of drug-likeness (QED) is 0.835. The van der Waals surface area contributed by atoms with E-state index >= 15 is 0 Å². The van der Waals surface area contributed by atoms with E-state index in [0.717, 1.165) is 11.3 Å². The van der Waals surface area contributed by atoms with Gasteiger partial charge >= 0.3 is 0 Å². The summed E-state index contributed by atoms with van der Waals surface area (Å²) in [4.78, 5) is 12.7. The molecule has 0 aliphatic carbocycles. The summed E-state index contributed by atoms with van der Waals surface area (Å²) in [6, 6.07) is 10.6. The summed E-state index contributed by atoms with van der Waals surface area (Å²) in [5, 5.41) is 2.96. The number of hydrogen-bond donors (Lipinski definition) is 1. The van der Waals surface area contributed by atoms with Crippen LogP contribution in [0.4, 0.5) is 0 Å². The molecule has 0 aliphatic heterocycles. The molecule has 134 valence electrons. The molecule has 1 N–H and O–H groups in total. The van der Waals surface area contributed by atoms with Crippen LogP contribution >= 0.6 is 0 Å². The minimum absolute atomic E-state index is 0.234. The summed E-state index contributed by atoms with van der Waals surface area (Å²) in [6.45, 7) is 1.90. The second kappa shape index (κ2) is 8.28. The number of para-hydroxylation sites is 1. The molecule has 0 fully saturated rings. The number of rotatable bonds is 7. The molecule has 0 saturated carbocycles. The summed E-state index contributed by atoms with van der Waals surface area (Å²) in [6.07, 6.45) is 0. The fraction of sp³-hybridized carbons (Fsp3) is 0.316. The van der Waals surface area contributed by atoms with Crippen molar-refractivity contribution in [2.24, 2.45) is 0 Å². The van der Waals surface area contributed by atoms with E-state index in [0.29, 0.717) is 22.8 Å². The number of amides is 1. The first kappa shape index (κ1) is 18.4. The maximum Gasteiger partial charge on any atom is 0.252 e. The molecule has 6 nitrogen and oxygen atoms in total. The van der Waals surface area contributed by atoms with Crippen LogP contribution in [0.15, 0.2) is 36.4 Å². The minimum Gasteiger partial charge on any atom is -0.496 e. The van der Waals surface area contributed by atoms with Gasteiger partial charge in [-0.25, -0.2) is 0 Å². The third kappa shape index (κ3) is 3.96. The number of methoxy groups -OCH3 is 4. The second-order valence-corrected chi connectivity index (χ2v) is 5.35. The van der Waals surface area contributed by atoms with E-state index in [4.69, 9.17) is 18.9 Å². The Morgan fingerprint density at radius 3 is 1.96 bits per heavy atom. The van der Waals surface area contributed by atoms with Gasteiger partial charge in [-0.15, -0.1) is 0 Å². The normalized spacial score (nSPS) is 11.4. The Kier molecular flexibility index (Phi) is 6.11. The standard InChI is InChI=1S/C19H23NO5/c1-12(14-8-6-7-9-15(14)22-2)20-19(21)13-10-16(23-3)18(25-5)17(11-13)24-4/h6-12H,1-5H3,(H,20,21)/t12-/m0/s1. The van der Waals surface area contributed by atoms with Crippen LogP contribution in [0.5, 0.6) is 23.0 Å². The number of hydrogen-bond acceptors (Lipinski definition) is 5. The highest BCUT2D eigenvalue weighted by molar-refractivity contribution is 5.96. The van der Waals surface area contributed by atoms with Crippen LogP contribution in [0.1, 0.15) is 28.9 Å². The van der Waals surface area contributed by atoms with Crippen LogP contribution in [-0.4, -0.2) is 34.3 Å². The largest absolute Gasteiger partial charge is 0.496 e. The Morgan fingerprint density at radius 2 is 1.44 bits per heavy atom. The van der Waals surface area contributed by atoms with Gasteiger partial charge in [0.1, 0.15) is 5.75 Å². The lowest BCUT2D eigenvalue weighted by molar-refractivity contribution is 0.0938. The summed E-state index contributed by atoms with van der Waals surface area (Å²) >= 11 is 0. The molecule has 0 heterocycles. The zero-order valence-electron chi connectivity index (χ0n) is 15.1. The lowest BCUT2D eigenvalue weighted by atomic mass is 10.1. The van der Waals surface area contributed by atoms with Gasteiger partial charge in [-0.05, 0) is 25.1 Å². The molecule has 2 aromatic rings. The van der Waals surface area contributed by atoms with E-state index in [1.807, 2.05) is 31.2 Å². The van der Waals surface area contributed by atoms with Crippen LogP contribution in [0.3, 0.4) is 0 Å². The lowest BCUT2D eigenvalue weighted by Crippen LogP contribution is -2.27. The zero-order chi connectivity index (χ0) is 18.4. The van der Waals surface area contributed by atoms with Crippen molar-refractivity contribution >= 4 is 5.91 Å². The molecule has 0 unspecified atom stereocenters. The highest BCUT2D eigenvalue weighted by Gasteiger charge is 2.19. The Bertz CT molecular complexity index is 719. The SMILES string of the molecule is COc1ccccc1[C@H](C)NC(=O)c1cc(OC)c(OC)c(OC)c1. The van der Waals surface area contributed by atoms with Gasteiger partial charge in [0.25, 0.3) is 5.91 Å². The third-order valence-electron chi connectivity index (χ3n) is 3.88. The molecule has 6 heteroatoms. The molecular weight excluding hydrogens is 322 g/mol. The van der Waals surface area contributed by atoms with Crippen molar-refractivity contribution in [1.29, 1.82) is 0 Å². The maximum atomic E-state index is 12.7. The van der Waals surface area contributed by atoms with Crippen molar-refractivity contribution in [3.05, 3.63) is 47.5 Å². The predicted octanol–water partition coefficient (Wildman–Crippen LogP) is 3.21. The molecule has 0 radical (unpaired) electrons. The second-order valence-electron chi connectivity index (χ2n) is 5.35. The fourth-order valence-electron chi connectivity index (χ4n) is 2.59. The van der Waals surface area contributed by atoms with E-state index < -0.39 is 0 Å². The minimum atomic E-state index is -0.252.